The van der Waals surface area contributed by atoms with Crippen molar-refractivity contribution < 1.29 is 14.3 Å². The molecule has 1 atom stereocenters. The summed E-state index contributed by atoms with van der Waals surface area (Å²) in [5.74, 6) is 0.560. The maximum absolute atomic E-state index is 12.3. The van der Waals surface area contributed by atoms with Crippen molar-refractivity contribution in [1.29, 1.82) is 0 Å². The summed E-state index contributed by atoms with van der Waals surface area (Å²) in [6, 6.07) is 10.3. The second kappa shape index (κ2) is 9.78. The molecule has 0 bridgehead atoms. The molecule has 1 saturated heterocycles. The quantitative estimate of drug-likeness (QED) is 0.709. The van der Waals surface area contributed by atoms with E-state index >= 15 is 0 Å². The van der Waals surface area contributed by atoms with Crippen molar-refractivity contribution >= 4 is 6.03 Å². The van der Waals surface area contributed by atoms with Crippen LogP contribution in [-0.2, 0) is 9.47 Å². The maximum Gasteiger partial charge on any atom is 0.315 e. The van der Waals surface area contributed by atoms with Crippen LogP contribution in [0.4, 0.5) is 4.79 Å². The van der Waals surface area contributed by atoms with E-state index < -0.39 is 0 Å². The minimum atomic E-state index is -0.0770. The highest BCUT2D eigenvalue weighted by atomic mass is 16.5. The van der Waals surface area contributed by atoms with Crippen LogP contribution in [0.5, 0.6) is 0 Å². The third-order valence-electron chi connectivity index (χ3n) is 5.20. The van der Waals surface area contributed by atoms with E-state index in [1.54, 1.807) is 0 Å². The number of urea groups is 1. The fraction of sp³-hybridized carbons (Fsp3) is 0.650. The molecule has 1 aromatic carbocycles. The Labute approximate surface area is 150 Å². The summed E-state index contributed by atoms with van der Waals surface area (Å²) in [5.41, 5.74) is 1.20. The van der Waals surface area contributed by atoms with E-state index in [1.807, 2.05) is 18.2 Å². The first-order chi connectivity index (χ1) is 12.3. The number of hydrogen-bond acceptors (Lipinski definition) is 3. The molecule has 2 fully saturated rings. The first-order valence-electron chi connectivity index (χ1n) is 9.61. The van der Waals surface area contributed by atoms with Crippen LogP contribution < -0.4 is 10.6 Å². The van der Waals surface area contributed by atoms with Gasteiger partial charge >= 0.3 is 6.03 Å². The van der Waals surface area contributed by atoms with Gasteiger partial charge in [-0.1, -0.05) is 36.8 Å². The minimum absolute atomic E-state index is 0.0770. The van der Waals surface area contributed by atoms with Gasteiger partial charge in [0.2, 0.25) is 0 Å². The van der Waals surface area contributed by atoms with Gasteiger partial charge in [0, 0.05) is 26.4 Å². The molecule has 5 nitrogen and oxygen atoms in total. The zero-order valence-corrected chi connectivity index (χ0v) is 14.9. The van der Waals surface area contributed by atoms with Gasteiger partial charge in [-0.25, -0.2) is 4.79 Å². The largest absolute Gasteiger partial charge is 0.381 e. The van der Waals surface area contributed by atoms with Crippen molar-refractivity contribution in [2.75, 3.05) is 26.4 Å². The van der Waals surface area contributed by atoms with E-state index in [0.29, 0.717) is 25.2 Å². The Morgan fingerprint density at radius 1 is 1.16 bits per heavy atom. The van der Waals surface area contributed by atoms with E-state index in [2.05, 4.69) is 22.8 Å². The van der Waals surface area contributed by atoms with Crippen LogP contribution in [-0.4, -0.2) is 38.5 Å². The third kappa shape index (κ3) is 5.72. The predicted molar refractivity (Wildman–Crippen MR) is 97.5 cm³/mol. The van der Waals surface area contributed by atoms with Crippen LogP contribution in [0.3, 0.4) is 0 Å². The van der Waals surface area contributed by atoms with Gasteiger partial charge < -0.3 is 20.1 Å². The number of amides is 2. The fourth-order valence-corrected chi connectivity index (χ4v) is 3.47. The Kier molecular flexibility index (Phi) is 7.12. The highest BCUT2D eigenvalue weighted by Gasteiger charge is 2.29. The van der Waals surface area contributed by atoms with Crippen LogP contribution >= 0.6 is 0 Å². The monoisotopic (exact) mass is 346 g/mol. The lowest BCUT2D eigenvalue weighted by atomic mass is 9.77. The van der Waals surface area contributed by atoms with Gasteiger partial charge in [0.1, 0.15) is 0 Å². The summed E-state index contributed by atoms with van der Waals surface area (Å²) in [6.07, 6.45) is 6.77. The van der Waals surface area contributed by atoms with Gasteiger partial charge in [-0.3, -0.25) is 0 Å². The normalized spacial score (nSPS) is 19.8. The number of carbonyl (C=O) groups is 1. The van der Waals surface area contributed by atoms with Crippen LogP contribution in [0, 0.1) is 5.92 Å². The van der Waals surface area contributed by atoms with Crippen LogP contribution in [0.15, 0.2) is 30.3 Å². The SMILES string of the molecule is O=C(NCCCOC1CCOCC1)N[C@H](c1ccccc1)C1CCC1. The molecule has 0 unspecified atom stereocenters. The molecule has 1 saturated carbocycles. The number of hydrogen-bond donors (Lipinski definition) is 2. The predicted octanol–water partition coefficient (Wildman–Crippen LogP) is 3.41. The van der Waals surface area contributed by atoms with Gasteiger partial charge in [0.25, 0.3) is 0 Å². The molecule has 1 aliphatic heterocycles. The van der Waals surface area contributed by atoms with Crippen LogP contribution in [0.1, 0.15) is 50.1 Å². The minimum Gasteiger partial charge on any atom is -0.381 e. The average Bonchev–Trinajstić information content (AvgIpc) is 2.61. The Morgan fingerprint density at radius 2 is 1.92 bits per heavy atom. The standard InChI is InChI=1S/C20H30N2O3/c23-20(21-12-5-13-25-18-10-14-24-15-11-18)22-19(17-8-4-9-17)16-6-2-1-3-7-16/h1-3,6-7,17-19H,4-5,8-15H2,(H2,21,22,23)/t19-/m1/s1. The Balaban J connectivity index is 1.35. The molecule has 2 amide bonds. The average molecular weight is 346 g/mol. The molecule has 1 aromatic rings. The zero-order chi connectivity index (χ0) is 17.3. The summed E-state index contributed by atoms with van der Waals surface area (Å²) in [6.45, 7) is 2.93. The summed E-state index contributed by atoms with van der Waals surface area (Å²) in [5, 5.41) is 6.14. The second-order valence-electron chi connectivity index (χ2n) is 7.02. The molecule has 5 heteroatoms. The summed E-state index contributed by atoms with van der Waals surface area (Å²) >= 11 is 0. The molecule has 2 N–H and O–H groups in total. The summed E-state index contributed by atoms with van der Waals surface area (Å²) in [7, 11) is 0. The van der Waals surface area contributed by atoms with Crippen molar-refractivity contribution in [2.45, 2.75) is 50.7 Å². The topological polar surface area (TPSA) is 59.6 Å². The molecular weight excluding hydrogens is 316 g/mol. The molecule has 0 aromatic heterocycles. The van der Waals surface area contributed by atoms with E-state index in [4.69, 9.17) is 9.47 Å². The third-order valence-corrected chi connectivity index (χ3v) is 5.20. The van der Waals surface area contributed by atoms with Gasteiger partial charge in [-0.15, -0.1) is 0 Å². The number of carbonyl (C=O) groups excluding carboxylic acids is 1. The Bertz CT molecular complexity index is 513. The highest BCUT2D eigenvalue weighted by Crippen LogP contribution is 2.37. The van der Waals surface area contributed by atoms with E-state index in [9.17, 15) is 4.79 Å². The molecule has 0 spiro atoms. The molecular formula is C20H30N2O3. The lowest BCUT2D eigenvalue weighted by Crippen LogP contribution is -2.42. The van der Waals surface area contributed by atoms with Crippen molar-refractivity contribution in [3.05, 3.63) is 35.9 Å². The van der Waals surface area contributed by atoms with Gasteiger partial charge in [-0.05, 0) is 43.6 Å². The number of ether oxygens (including phenoxy) is 2. The Morgan fingerprint density at radius 3 is 2.60 bits per heavy atom. The first kappa shape index (κ1) is 18.2. The van der Waals surface area contributed by atoms with E-state index in [1.165, 1.54) is 24.8 Å². The molecule has 1 aliphatic carbocycles. The zero-order valence-electron chi connectivity index (χ0n) is 14.9. The van der Waals surface area contributed by atoms with E-state index in [-0.39, 0.29) is 12.1 Å². The highest BCUT2D eigenvalue weighted by molar-refractivity contribution is 5.74. The van der Waals surface area contributed by atoms with Crippen molar-refractivity contribution in [2.24, 2.45) is 5.92 Å². The van der Waals surface area contributed by atoms with Gasteiger partial charge in [-0.2, -0.15) is 0 Å². The second-order valence-corrected chi connectivity index (χ2v) is 7.02. The van der Waals surface area contributed by atoms with Crippen LogP contribution in [0.25, 0.3) is 0 Å². The summed E-state index contributed by atoms with van der Waals surface area (Å²) in [4.78, 5) is 12.3. The molecule has 25 heavy (non-hydrogen) atoms. The lowest BCUT2D eigenvalue weighted by molar-refractivity contribution is -0.0320. The number of nitrogens with one attached hydrogen (secondary N) is 2. The number of benzene rings is 1. The molecule has 3 rings (SSSR count). The van der Waals surface area contributed by atoms with Crippen LogP contribution in [0.2, 0.25) is 0 Å². The molecule has 0 radical (unpaired) electrons. The molecule has 138 valence electrons. The first-order valence-corrected chi connectivity index (χ1v) is 9.61. The van der Waals surface area contributed by atoms with Crippen molar-refractivity contribution in [3.63, 3.8) is 0 Å². The lowest BCUT2D eigenvalue weighted by Gasteiger charge is -2.34. The van der Waals surface area contributed by atoms with Crippen molar-refractivity contribution in [3.8, 4) is 0 Å². The van der Waals surface area contributed by atoms with E-state index in [0.717, 1.165) is 32.5 Å². The van der Waals surface area contributed by atoms with Gasteiger partial charge in [0.15, 0.2) is 0 Å². The van der Waals surface area contributed by atoms with Crippen molar-refractivity contribution in [1.82, 2.24) is 10.6 Å². The fourth-order valence-electron chi connectivity index (χ4n) is 3.47. The molecule has 1 heterocycles. The number of rotatable bonds is 8. The van der Waals surface area contributed by atoms with Gasteiger partial charge in [0.05, 0.1) is 12.1 Å². The Hall–Kier alpha value is -1.59. The smallest absolute Gasteiger partial charge is 0.315 e. The molecule has 2 aliphatic rings. The summed E-state index contributed by atoms with van der Waals surface area (Å²) < 4.78 is 11.1. The maximum atomic E-state index is 12.3.